The van der Waals surface area contributed by atoms with Crippen molar-refractivity contribution < 1.29 is 0 Å². The molecule has 0 saturated heterocycles. The van der Waals surface area contributed by atoms with E-state index in [1.54, 1.807) is 17.5 Å². The first-order valence-corrected chi connectivity index (χ1v) is 7.41. The molecule has 2 aromatic heterocycles. The fraction of sp³-hybridized carbons (Fsp3) is 0.200. The molecule has 102 valence electrons. The minimum absolute atomic E-state index is 0.329. The number of nitrogens with one attached hydrogen (secondary N) is 2. The first kappa shape index (κ1) is 13.0. The lowest BCUT2D eigenvalue weighted by atomic mass is 10.1. The molecule has 2 N–H and O–H groups in total. The molecule has 0 fully saturated rings. The van der Waals surface area contributed by atoms with Gasteiger partial charge in [0.2, 0.25) is 0 Å². The third-order valence-electron chi connectivity index (χ3n) is 3.26. The first-order chi connectivity index (χ1) is 9.83. The Morgan fingerprint density at radius 3 is 2.75 bits per heavy atom. The molecule has 3 rings (SSSR count). The topological polar surface area (TPSA) is 53.6 Å². The number of aromatic nitrogens is 3. The smallest absolute Gasteiger partial charge is 0.0794 e. The van der Waals surface area contributed by atoms with E-state index in [2.05, 4.69) is 51.7 Å². The molecule has 1 unspecified atom stereocenters. The lowest BCUT2D eigenvalue weighted by molar-refractivity contribution is 0.582. The van der Waals surface area contributed by atoms with Crippen LogP contribution in [0.25, 0.3) is 11.3 Å². The third-order valence-corrected chi connectivity index (χ3v) is 4.21. The van der Waals surface area contributed by atoms with Crippen LogP contribution in [-0.4, -0.2) is 15.2 Å². The van der Waals surface area contributed by atoms with E-state index in [4.69, 9.17) is 0 Å². The molecule has 1 aromatic carbocycles. The molecule has 0 amide bonds. The molecule has 2 heterocycles. The van der Waals surface area contributed by atoms with Crippen LogP contribution < -0.4 is 5.32 Å². The quantitative estimate of drug-likeness (QED) is 0.755. The summed E-state index contributed by atoms with van der Waals surface area (Å²) in [4.78, 5) is 5.37. The van der Waals surface area contributed by atoms with Crippen molar-refractivity contribution in [2.45, 2.75) is 19.5 Å². The average Bonchev–Trinajstić information content (AvgIpc) is 3.18. The van der Waals surface area contributed by atoms with Crippen molar-refractivity contribution in [3.05, 3.63) is 58.7 Å². The molecule has 1 atom stereocenters. The van der Waals surface area contributed by atoms with Gasteiger partial charge in [0.15, 0.2) is 0 Å². The summed E-state index contributed by atoms with van der Waals surface area (Å²) < 4.78 is 0. The number of aromatic amines is 1. The van der Waals surface area contributed by atoms with Gasteiger partial charge in [0.05, 0.1) is 11.2 Å². The maximum absolute atomic E-state index is 4.11. The van der Waals surface area contributed by atoms with Crippen LogP contribution in [-0.2, 0) is 6.54 Å². The predicted octanol–water partition coefficient (Wildman–Crippen LogP) is 3.38. The van der Waals surface area contributed by atoms with Gasteiger partial charge < -0.3 is 5.32 Å². The summed E-state index contributed by atoms with van der Waals surface area (Å²) in [5.74, 6) is 0. The summed E-state index contributed by atoms with van der Waals surface area (Å²) in [6.45, 7) is 3.01. The number of rotatable bonds is 5. The molecule has 20 heavy (non-hydrogen) atoms. The van der Waals surface area contributed by atoms with Crippen LogP contribution in [0.5, 0.6) is 0 Å². The van der Waals surface area contributed by atoms with Crippen molar-refractivity contribution in [2.75, 3.05) is 0 Å². The van der Waals surface area contributed by atoms with E-state index in [9.17, 15) is 0 Å². The molecule has 0 spiro atoms. The second kappa shape index (κ2) is 5.98. The lowest BCUT2D eigenvalue weighted by Gasteiger charge is -2.11. The van der Waals surface area contributed by atoms with E-state index in [-0.39, 0.29) is 0 Å². The summed E-state index contributed by atoms with van der Waals surface area (Å²) in [5.41, 5.74) is 5.33. The third kappa shape index (κ3) is 2.95. The van der Waals surface area contributed by atoms with Crippen molar-refractivity contribution in [1.29, 1.82) is 0 Å². The van der Waals surface area contributed by atoms with Gasteiger partial charge >= 0.3 is 0 Å². The highest BCUT2D eigenvalue weighted by Gasteiger charge is 2.06. The zero-order chi connectivity index (χ0) is 13.8. The van der Waals surface area contributed by atoms with Crippen LogP contribution in [0.1, 0.15) is 23.4 Å². The SMILES string of the molecule is CC(NCc1ccc(-c2ccn[nH]2)cc1)c1cncs1. The first-order valence-electron chi connectivity index (χ1n) is 6.53. The maximum atomic E-state index is 4.11. The van der Waals surface area contributed by atoms with Gasteiger partial charge in [-0.1, -0.05) is 24.3 Å². The van der Waals surface area contributed by atoms with Crippen molar-refractivity contribution >= 4 is 11.3 Å². The second-order valence-electron chi connectivity index (χ2n) is 4.67. The maximum Gasteiger partial charge on any atom is 0.0794 e. The van der Waals surface area contributed by atoms with Crippen LogP contribution >= 0.6 is 11.3 Å². The van der Waals surface area contributed by atoms with Crippen LogP contribution in [0.4, 0.5) is 0 Å². The van der Waals surface area contributed by atoms with E-state index in [0.717, 1.165) is 17.8 Å². The van der Waals surface area contributed by atoms with E-state index in [1.165, 1.54) is 10.4 Å². The normalized spacial score (nSPS) is 12.4. The predicted molar refractivity (Wildman–Crippen MR) is 81.4 cm³/mol. The average molecular weight is 284 g/mol. The number of benzene rings is 1. The standard InChI is InChI=1S/C15H16N4S/c1-11(15-9-16-10-20-15)17-8-12-2-4-13(5-3-12)14-6-7-18-19-14/h2-7,9-11,17H,8H2,1H3,(H,18,19). The Morgan fingerprint density at radius 2 is 2.10 bits per heavy atom. The molecule has 0 aliphatic rings. The molecule has 0 radical (unpaired) electrons. The minimum Gasteiger partial charge on any atom is -0.305 e. The van der Waals surface area contributed by atoms with Crippen molar-refractivity contribution in [3.63, 3.8) is 0 Å². The van der Waals surface area contributed by atoms with Gasteiger partial charge in [-0.25, -0.2) is 0 Å². The summed E-state index contributed by atoms with van der Waals surface area (Å²) in [7, 11) is 0. The Morgan fingerprint density at radius 1 is 1.25 bits per heavy atom. The Balaban J connectivity index is 1.61. The Hall–Kier alpha value is -1.98. The van der Waals surface area contributed by atoms with Gasteiger partial charge in [0.1, 0.15) is 0 Å². The highest BCUT2D eigenvalue weighted by atomic mass is 32.1. The van der Waals surface area contributed by atoms with Crippen LogP contribution in [0.3, 0.4) is 0 Å². The van der Waals surface area contributed by atoms with Gasteiger partial charge in [-0.2, -0.15) is 5.10 Å². The number of thiazole rings is 1. The van der Waals surface area contributed by atoms with Crippen molar-refractivity contribution in [2.24, 2.45) is 0 Å². The largest absolute Gasteiger partial charge is 0.305 e. The molecular weight excluding hydrogens is 268 g/mol. The van der Waals surface area contributed by atoms with E-state index in [1.807, 2.05) is 17.8 Å². The van der Waals surface area contributed by atoms with Crippen molar-refractivity contribution in [1.82, 2.24) is 20.5 Å². The van der Waals surface area contributed by atoms with Gasteiger partial charge in [-0.15, -0.1) is 11.3 Å². The molecule has 0 aliphatic carbocycles. The fourth-order valence-electron chi connectivity index (χ4n) is 2.03. The van der Waals surface area contributed by atoms with Crippen LogP contribution in [0.2, 0.25) is 0 Å². The van der Waals surface area contributed by atoms with Gasteiger partial charge in [-0.3, -0.25) is 10.1 Å². The molecule has 0 bridgehead atoms. The Bertz CT molecular complexity index is 629. The monoisotopic (exact) mass is 284 g/mol. The molecule has 0 aliphatic heterocycles. The Kier molecular flexibility index (Phi) is 3.90. The van der Waals surface area contributed by atoms with E-state index in [0.29, 0.717) is 6.04 Å². The zero-order valence-corrected chi connectivity index (χ0v) is 12.0. The van der Waals surface area contributed by atoms with Crippen molar-refractivity contribution in [3.8, 4) is 11.3 Å². The number of hydrogen-bond donors (Lipinski definition) is 2. The van der Waals surface area contributed by atoms with E-state index < -0.39 is 0 Å². The highest BCUT2D eigenvalue weighted by Crippen LogP contribution is 2.19. The van der Waals surface area contributed by atoms with Crippen LogP contribution in [0, 0.1) is 0 Å². The zero-order valence-electron chi connectivity index (χ0n) is 11.2. The molecule has 3 aromatic rings. The number of hydrogen-bond acceptors (Lipinski definition) is 4. The van der Waals surface area contributed by atoms with Crippen LogP contribution in [0.15, 0.2) is 48.2 Å². The number of nitrogens with zero attached hydrogens (tertiary/aromatic N) is 2. The Labute approximate surface area is 121 Å². The minimum atomic E-state index is 0.329. The van der Waals surface area contributed by atoms with Gasteiger partial charge in [0.25, 0.3) is 0 Å². The van der Waals surface area contributed by atoms with Gasteiger partial charge in [0, 0.05) is 29.9 Å². The summed E-state index contributed by atoms with van der Waals surface area (Å²) in [5, 5.41) is 10.4. The highest BCUT2D eigenvalue weighted by molar-refractivity contribution is 7.09. The molecule has 5 heteroatoms. The molecule has 4 nitrogen and oxygen atoms in total. The fourth-order valence-corrected chi connectivity index (χ4v) is 2.68. The summed E-state index contributed by atoms with van der Waals surface area (Å²) >= 11 is 1.68. The number of H-pyrrole nitrogens is 1. The second-order valence-corrected chi connectivity index (χ2v) is 5.59. The molecule has 0 saturated carbocycles. The lowest BCUT2D eigenvalue weighted by Crippen LogP contribution is -2.17. The molecular formula is C15H16N4S. The van der Waals surface area contributed by atoms with Gasteiger partial charge in [-0.05, 0) is 24.1 Å². The van der Waals surface area contributed by atoms with E-state index >= 15 is 0 Å². The summed E-state index contributed by atoms with van der Waals surface area (Å²) in [6.07, 6.45) is 3.69. The summed E-state index contributed by atoms with van der Waals surface area (Å²) in [6, 6.07) is 10.8.